The minimum atomic E-state index is -0.692. The molecule has 0 spiro atoms. The van der Waals surface area contributed by atoms with E-state index in [4.69, 9.17) is 23.2 Å². The number of halogens is 2. The second kappa shape index (κ2) is 5.76. The maximum Gasteiger partial charge on any atom is 0.288 e. The number of rotatable bonds is 3. The van der Waals surface area contributed by atoms with Crippen LogP contribution in [0.2, 0.25) is 10.3 Å². The lowest BCUT2D eigenvalue weighted by atomic mass is 10.2. The zero-order valence-electron chi connectivity index (χ0n) is 9.58. The zero-order valence-corrected chi connectivity index (χ0v) is 11.1. The molecule has 0 aliphatic heterocycles. The molecule has 2 aromatic rings. The normalized spacial score (nSPS) is 10.1. The Morgan fingerprint density at radius 1 is 1.30 bits per heavy atom. The molecule has 0 aromatic carbocycles. The van der Waals surface area contributed by atoms with Crippen LogP contribution in [0, 0.1) is 10.1 Å². The Morgan fingerprint density at radius 3 is 2.65 bits per heavy atom. The number of carbonyl (C=O) groups is 1. The van der Waals surface area contributed by atoms with Gasteiger partial charge in [-0.2, -0.15) is 0 Å². The highest BCUT2D eigenvalue weighted by Crippen LogP contribution is 2.20. The molecule has 20 heavy (non-hydrogen) atoms. The van der Waals surface area contributed by atoms with Gasteiger partial charge in [0.2, 0.25) is 0 Å². The highest BCUT2D eigenvalue weighted by Gasteiger charge is 2.17. The van der Waals surface area contributed by atoms with Crippen molar-refractivity contribution in [1.29, 1.82) is 0 Å². The number of hydrogen-bond donors (Lipinski definition) is 1. The number of nitro groups is 1. The van der Waals surface area contributed by atoms with Crippen molar-refractivity contribution in [2.24, 2.45) is 0 Å². The molecule has 102 valence electrons. The fourth-order valence-corrected chi connectivity index (χ4v) is 1.55. The van der Waals surface area contributed by atoms with Crippen molar-refractivity contribution in [2.75, 3.05) is 5.32 Å². The molecule has 0 saturated carbocycles. The summed E-state index contributed by atoms with van der Waals surface area (Å²) in [5.74, 6) is -0.565. The third kappa shape index (κ3) is 3.16. The van der Waals surface area contributed by atoms with Crippen LogP contribution < -0.4 is 5.32 Å². The van der Waals surface area contributed by atoms with Gasteiger partial charge in [0.15, 0.2) is 11.0 Å². The molecular formula is C10H5Cl2N5O3. The topological polar surface area (TPSA) is 111 Å². The number of anilines is 1. The molecule has 1 amide bonds. The summed E-state index contributed by atoms with van der Waals surface area (Å²) in [6.07, 6.45) is 0.960. The van der Waals surface area contributed by atoms with Gasteiger partial charge < -0.3 is 5.32 Å². The van der Waals surface area contributed by atoms with Crippen molar-refractivity contribution >= 4 is 40.6 Å². The van der Waals surface area contributed by atoms with Gasteiger partial charge in [-0.3, -0.25) is 14.9 Å². The standard InChI is InChI=1S/C10H5Cl2N5O3/c11-7-1-2-8(16-15-7)14-10(18)6-3-5(17(19)20)4-13-9(6)12/h1-4H,(H,14,16,18). The summed E-state index contributed by atoms with van der Waals surface area (Å²) < 4.78 is 0. The van der Waals surface area contributed by atoms with Crippen molar-refractivity contribution in [3.63, 3.8) is 0 Å². The smallest absolute Gasteiger partial charge is 0.288 e. The Bertz CT molecular complexity index is 677. The largest absolute Gasteiger partial charge is 0.305 e. The Morgan fingerprint density at radius 2 is 2.05 bits per heavy atom. The van der Waals surface area contributed by atoms with Gasteiger partial charge in [-0.25, -0.2) is 4.98 Å². The molecule has 1 N–H and O–H groups in total. The van der Waals surface area contributed by atoms with E-state index < -0.39 is 10.8 Å². The van der Waals surface area contributed by atoms with Crippen LogP contribution in [0.4, 0.5) is 11.5 Å². The summed E-state index contributed by atoms with van der Waals surface area (Å²) in [4.78, 5) is 25.5. The molecule has 0 atom stereocenters. The van der Waals surface area contributed by atoms with E-state index in [1.165, 1.54) is 12.1 Å². The van der Waals surface area contributed by atoms with Crippen molar-refractivity contribution < 1.29 is 9.72 Å². The quantitative estimate of drug-likeness (QED) is 0.529. The summed E-state index contributed by atoms with van der Waals surface area (Å²) in [5.41, 5.74) is -0.487. The highest BCUT2D eigenvalue weighted by molar-refractivity contribution is 6.33. The molecule has 2 heterocycles. The summed E-state index contributed by atoms with van der Waals surface area (Å²) in [7, 11) is 0. The van der Waals surface area contributed by atoms with Crippen LogP contribution in [0.1, 0.15) is 10.4 Å². The van der Waals surface area contributed by atoms with Gasteiger partial charge in [-0.15, -0.1) is 10.2 Å². The van der Waals surface area contributed by atoms with Crippen LogP contribution in [0.15, 0.2) is 24.4 Å². The molecule has 0 saturated heterocycles. The first-order valence-corrected chi connectivity index (χ1v) is 5.83. The Balaban J connectivity index is 2.26. The maximum absolute atomic E-state index is 11.9. The summed E-state index contributed by atoms with van der Waals surface area (Å²) >= 11 is 11.3. The van der Waals surface area contributed by atoms with Crippen LogP contribution in [-0.4, -0.2) is 26.0 Å². The molecule has 0 aliphatic rings. The Hall–Kier alpha value is -2.32. The van der Waals surface area contributed by atoms with E-state index in [9.17, 15) is 14.9 Å². The monoisotopic (exact) mass is 313 g/mol. The van der Waals surface area contributed by atoms with E-state index in [1.807, 2.05) is 0 Å². The number of aromatic nitrogens is 3. The van der Waals surface area contributed by atoms with Gasteiger partial charge in [-0.05, 0) is 12.1 Å². The first-order chi connectivity index (χ1) is 9.47. The van der Waals surface area contributed by atoms with Gasteiger partial charge in [0, 0.05) is 6.07 Å². The van der Waals surface area contributed by atoms with E-state index >= 15 is 0 Å². The molecule has 0 fully saturated rings. The fraction of sp³-hybridized carbons (Fsp3) is 0. The summed E-state index contributed by atoms with van der Waals surface area (Å²) in [6, 6.07) is 3.87. The number of hydrogen-bond acceptors (Lipinski definition) is 6. The van der Waals surface area contributed by atoms with Gasteiger partial charge in [0.25, 0.3) is 11.6 Å². The molecule has 10 heteroatoms. The molecule has 0 radical (unpaired) electrons. The molecular weight excluding hydrogens is 309 g/mol. The van der Waals surface area contributed by atoms with E-state index in [1.54, 1.807) is 0 Å². The minimum Gasteiger partial charge on any atom is -0.305 e. The lowest BCUT2D eigenvalue weighted by Crippen LogP contribution is -2.14. The van der Waals surface area contributed by atoms with Crippen LogP contribution >= 0.6 is 23.2 Å². The summed E-state index contributed by atoms with van der Waals surface area (Å²) in [5, 5.41) is 20.2. The second-order valence-electron chi connectivity index (χ2n) is 3.48. The van der Waals surface area contributed by atoms with Crippen LogP contribution in [0.3, 0.4) is 0 Å². The van der Waals surface area contributed by atoms with E-state index in [-0.39, 0.29) is 27.4 Å². The van der Waals surface area contributed by atoms with Crippen molar-refractivity contribution in [3.8, 4) is 0 Å². The number of amides is 1. The number of nitrogens with one attached hydrogen (secondary N) is 1. The van der Waals surface area contributed by atoms with Gasteiger partial charge in [0.05, 0.1) is 10.5 Å². The van der Waals surface area contributed by atoms with E-state index in [0.29, 0.717) is 0 Å². The summed E-state index contributed by atoms with van der Waals surface area (Å²) in [6.45, 7) is 0. The number of carbonyl (C=O) groups excluding carboxylic acids is 1. The average Bonchev–Trinajstić information content (AvgIpc) is 2.41. The van der Waals surface area contributed by atoms with Crippen LogP contribution in [0.25, 0.3) is 0 Å². The van der Waals surface area contributed by atoms with Crippen molar-refractivity contribution in [1.82, 2.24) is 15.2 Å². The van der Waals surface area contributed by atoms with Gasteiger partial charge >= 0.3 is 0 Å². The van der Waals surface area contributed by atoms with E-state index in [0.717, 1.165) is 12.3 Å². The highest BCUT2D eigenvalue weighted by atomic mass is 35.5. The first-order valence-electron chi connectivity index (χ1n) is 5.08. The molecule has 8 nitrogen and oxygen atoms in total. The number of nitrogens with zero attached hydrogens (tertiary/aromatic N) is 4. The Kier molecular flexibility index (Phi) is 4.06. The zero-order chi connectivity index (χ0) is 14.7. The first kappa shape index (κ1) is 14.1. The fourth-order valence-electron chi connectivity index (χ4n) is 1.26. The second-order valence-corrected chi connectivity index (χ2v) is 4.23. The molecule has 2 rings (SSSR count). The molecule has 0 bridgehead atoms. The van der Waals surface area contributed by atoms with Crippen molar-refractivity contribution in [3.05, 3.63) is 50.4 Å². The predicted octanol–water partition coefficient (Wildman–Crippen LogP) is 2.34. The molecule has 2 aromatic heterocycles. The van der Waals surface area contributed by atoms with Gasteiger partial charge in [-0.1, -0.05) is 23.2 Å². The SMILES string of the molecule is O=C(Nc1ccc(Cl)nn1)c1cc([N+](=O)[O-])cnc1Cl. The molecule has 0 unspecified atom stereocenters. The van der Waals surface area contributed by atoms with Gasteiger partial charge in [0.1, 0.15) is 11.3 Å². The lowest BCUT2D eigenvalue weighted by molar-refractivity contribution is -0.385. The van der Waals surface area contributed by atoms with Crippen LogP contribution in [0.5, 0.6) is 0 Å². The number of pyridine rings is 1. The maximum atomic E-state index is 11.9. The van der Waals surface area contributed by atoms with Crippen LogP contribution in [-0.2, 0) is 0 Å². The molecule has 0 aliphatic carbocycles. The predicted molar refractivity (Wildman–Crippen MR) is 70.9 cm³/mol. The lowest BCUT2D eigenvalue weighted by Gasteiger charge is -2.04. The average molecular weight is 314 g/mol. The third-order valence-electron chi connectivity index (χ3n) is 2.15. The minimum absolute atomic E-state index is 0.127. The third-order valence-corrected chi connectivity index (χ3v) is 2.66. The van der Waals surface area contributed by atoms with E-state index in [2.05, 4.69) is 20.5 Å². The Labute approximate surface area is 121 Å². The van der Waals surface area contributed by atoms with Crippen molar-refractivity contribution in [2.45, 2.75) is 0 Å².